The van der Waals surface area contributed by atoms with Crippen molar-refractivity contribution in [2.75, 3.05) is 33.3 Å². The molecule has 1 heterocycles. The second-order valence-corrected chi connectivity index (χ2v) is 4.87. The number of hydrogen-bond acceptors (Lipinski definition) is 3. The van der Waals surface area contributed by atoms with E-state index in [1.54, 1.807) is 0 Å². The van der Waals surface area contributed by atoms with Crippen molar-refractivity contribution in [1.82, 2.24) is 10.2 Å². The molecule has 0 radical (unpaired) electrons. The number of piperidine rings is 1. The Morgan fingerprint density at radius 1 is 1.33 bits per heavy atom. The summed E-state index contributed by atoms with van der Waals surface area (Å²) in [7, 11) is 2.20. The van der Waals surface area contributed by atoms with Crippen LogP contribution in [0.1, 0.15) is 32.6 Å². The van der Waals surface area contributed by atoms with E-state index >= 15 is 0 Å². The van der Waals surface area contributed by atoms with Crippen molar-refractivity contribution in [3.05, 3.63) is 0 Å². The van der Waals surface area contributed by atoms with Crippen LogP contribution in [-0.4, -0.2) is 49.3 Å². The van der Waals surface area contributed by atoms with Crippen molar-refractivity contribution < 1.29 is 5.11 Å². The van der Waals surface area contributed by atoms with Gasteiger partial charge < -0.3 is 15.3 Å². The van der Waals surface area contributed by atoms with Gasteiger partial charge in [0.25, 0.3) is 0 Å². The van der Waals surface area contributed by atoms with Crippen LogP contribution in [0.25, 0.3) is 0 Å². The van der Waals surface area contributed by atoms with E-state index < -0.39 is 0 Å². The molecule has 1 aliphatic heterocycles. The van der Waals surface area contributed by atoms with E-state index in [4.69, 9.17) is 5.11 Å². The summed E-state index contributed by atoms with van der Waals surface area (Å²) in [6.07, 6.45) is 4.56. The molecule has 15 heavy (non-hydrogen) atoms. The topological polar surface area (TPSA) is 35.5 Å². The van der Waals surface area contributed by atoms with Crippen LogP contribution in [0.5, 0.6) is 0 Å². The Bertz CT molecular complexity index is 164. The highest BCUT2D eigenvalue weighted by Crippen LogP contribution is 2.15. The van der Waals surface area contributed by atoms with Crippen LogP contribution in [0.15, 0.2) is 0 Å². The fourth-order valence-corrected chi connectivity index (χ4v) is 2.36. The number of hydrogen-bond donors (Lipinski definition) is 2. The molecule has 3 heteroatoms. The second-order valence-electron chi connectivity index (χ2n) is 4.87. The molecule has 2 unspecified atom stereocenters. The first kappa shape index (κ1) is 12.9. The fourth-order valence-electron chi connectivity index (χ4n) is 2.36. The molecule has 0 aromatic heterocycles. The Morgan fingerprint density at radius 3 is 2.80 bits per heavy atom. The maximum atomic E-state index is 8.66. The van der Waals surface area contributed by atoms with Gasteiger partial charge in [0.2, 0.25) is 0 Å². The van der Waals surface area contributed by atoms with Crippen LogP contribution in [0.2, 0.25) is 0 Å². The Kier molecular flexibility index (Phi) is 6.22. The predicted molar refractivity (Wildman–Crippen MR) is 64.0 cm³/mol. The van der Waals surface area contributed by atoms with E-state index in [-0.39, 0.29) is 0 Å². The second kappa shape index (κ2) is 7.20. The van der Waals surface area contributed by atoms with Gasteiger partial charge in [0.15, 0.2) is 0 Å². The highest BCUT2D eigenvalue weighted by molar-refractivity contribution is 4.81. The average molecular weight is 214 g/mol. The molecule has 2 N–H and O–H groups in total. The standard InChI is InChI=1S/C12H26N2O/c1-11-10-14(2)8-6-12(11)13-7-4-3-5-9-15/h11-13,15H,3-10H2,1-2H3. The van der Waals surface area contributed by atoms with Gasteiger partial charge in [-0.3, -0.25) is 0 Å². The van der Waals surface area contributed by atoms with Crippen LogP contribution in [-0.2, 0) is 0 Å². The molecule has 0 bridgehead atoms. The molecule has 0 amide bonds. The lowest BCUT2D eigenvalue weighted by molar-refractivity contribution is 0.174. The molecule has 0 saturated carbocycles. The van der Waals surface area contributed by atoms with Crippen LogP contribution >= 0.6 is 0 Å². The lowest BCUT2D eigenvalue weighted by Crippen LogP contribution is -2.47. The maximum Gasteiger partial charge on any atom is 0.0431 e. The largest absolute Gasteiger partial charge is 0.396 e. The number of likely N-dealkylation sites (tertiary alicyclic amines) is 1. The minimum Gasteiger partial charge on any atom is -0.396 e. The van der Waals surface area contributed by atoms with Gasteiger partial charge >= 0.3 is 0 Å². The van der Waals surface area contributed by atoms with E-state index in [9.17, 15) is 0 Å². The Labute approximate surface area is 93.9 Å². The number of aliphatic hydroxyl groups is 1. The zero-order valence-electron chi connectivity index (χ0n) is 10.2. The summed E-state index contributed by atoms with van der Waals surface area (Å²) in [4.78, 5) is 2.41. The number of nitrogens with zero attached hydrogens (tertiary/aromatic N) is 1. The zero-order valence-corrected chi connectivity index (χ0v) is 10.2. The maximum absolute atomic E-state index is 8.66. The minimum absolute atomic E-state index is 0.338. The lowest BCUT2D eigenvalue weighted by Gasteiger charge is -2.35. The van der Waals surface area contributed by atoms with Crippen molar-refractivity contribution in [1.29, 1.82) is 0 Å². The first-order valence-corrected chi connectivity index (χ1v) is 6.27. The third-order valence-electron chi connectivity index (χ3n) is 3.35. The number of nitrogens with one attached hydrogen (secondary N) is 1. The molecule has 0 spiro atoms. The summed E-state index contributed by atoms with van der Waals surface area (Å²) in [6, 6.07) is 0.704. The quantitative estimate of drug-likeness (QED) is 0.650. The van der Waals surface area contributed by atoms with Gasteiger partial charge in [-0.25, -0.2) is 0 Å². The van der Waals surface area contributed by atoms with Crippen LogP contribution < -0.4 is 5.32 Å². The van der Waals surface area contributed by atoms with E-state index in [1.807, 2.05) is 0 Å². The average Bonchev–Trinajstić information content (AvgIpc) is 2.20. The SMILES string of the molecule is CC1CN(C)CCC1NCCCCCO. The molecule has 1 aliphatic rings. The first-order chi connectivity index (χ1) is 7.24. The number of aliphatic hydroxyl groups excluding tert-OH is 1. The monoisotopic (exact) mass is 214 g/mol. The normalized spacial score (nSPS) is 28.2. The van der Waals surface area contributed by atoms with Crippen molar-refractivity contribution in [3.63, 3.8) is 0 Å². The molecule has 0 aromatic rings. The van der Waals surface area contributed by atoms with Gasteiger partial charge in [0, 0.05) is 19.2 Å². The molecular weight excluding hydrogens is 188 g/mol. The van der Waals surface area contributed by atoms with Crippen molar-refractivity contribution in [3.8, 4) is 0 Å². The van der Waals surface area contributed by atoms with E-state index in [2.05, 4.69) is 24.2 Å². The van der Waals surface area contributed by atoms with Gasteiger partial charge in [-0.1, -0.05) is 6.92 Å². The van der Waals surface area contributed by atoms with Gasteiger partial charge in [-0.15, -0.1) is 0 Å². The summed E-state index contributed by atoms with van der Waals surface area (Å²) >= 11 is 0. The minimum atomic E-state index is 0.338. The van der Waals surface area contributed by atoms with Crippen molar-refractivity contribution >= 4 is 0 Å². The van der Waals surface area contributed by atoms with Crippen LogP contribution in [0.4, 0.5) is 0 Å². The lowest BCUT2D eigenvalue weighted by atomic mass is 9.94. The highest BCUT2D eigenvalue weighted by atomic mass is 16.2. The molecule has 0 aromatic carbocycles. The van der Waals surface area contributed by atoms with E-state index in [0.717, 1.165) is 25.3 Å². The van der Waals surface area contributed by atoms with E-state index in [1.165, 1.54) is 25.9 Å². The van der Waals surface area contributed by atoms with E-state index in [0.29, 0.717) is 12.6 Å². The Morgan fingerprint density at radius 2 is 2.13 bits per heavy atom. The van der Waals surface area contributed by atoms with Crippen LogP contribution in [0, 0.1) is 5.92 Å². The van der Waals surface area contributed by atoms with Gasteiger partial charge in [0.1, 0.15) is 0 Å². The summed E-state index contributed by atoms with van der Waals surface area (Å²) in [5, 5.41) is 12.3. The molecule has 2 atom stereocenters. The summed E-state index contributed by atoms with van der Waals surface area (Å²) in [6.45, 7) is 6.22. The zero-order chi connectivity index (χ0) is 11.1. The first-order valence-electron chi connectivity index (χ1n) is 6.27. The third kappa shape index (κ3) is 4.96. The van der Waals surface area contributed by atoms with Gasteiger partial charge in [-0.05, 0) is 51.7 Å². The smallest absolute Gasteiger partial charge is 0.0431 e. The number of rotatable bonds is 6. The highest BCUT2D eigenvalue weighted by Gasteiger charge is 2.22. The number of unbranched alkanes of at least 4 members (excludes halogenated alkanes) is 2. The summed E-state index contributed by atoms with van der Waals surface area (Å²) in [5.74, 6) is 0.765. The molecule has 1 fully saturated rings. The summed E-state index contributed by atoms with van der Waals surface area (Å²) < 4.78 is 0. The predicted octanol–water partition coefficient (Wildman–Crippen LogP) is 1.08. The molecular formula is C12H26N2O. The Hall–Kier alpha value is -0.120. The van der Waals surface area contributed by atoms with Crippen molar-refractivity contribution in [2.45, 2.75) is 38.6 Å². The van der Waals surface area contributed by atoms with Gasteiger partial charge in [0.05, 0.1) is 0 Å². The van der Waals surface area contributed by atoms with Gasteiger partial charge in [-0.2, -0.15) is 0 Å². The molecule has 90 valence electrons. The van der Waals surface area contributed by atoms with Crippen LogP contribution in [0.3, 0.4) is 0 Å². The molecule has 3 nitrogen and oxygen atoms in total. The van der Waals surface area contributed by atoms with Crippen molar-refractivity contribution in [2.24, 2.45) is 5.92 Å². The molecule has 1 rings (SSSR count). The molecule has 1 saturated heterocycles. The Balaban J connectivity index is 2.05. The summed E-state index contributed by atoms with van der Waals surface area (Å²) in [5.41, 5.74) is 0. The molecule has 0 aliphatic carbocycles. The third-order valence-corrected chi connectivity index (χ3v) is 3.35. The fraction of sp³-hybridized carbons (Fsp3) is 1.00.